The van der Waals surface area contributed by atoms with Crippen molar-refractivity contribution in [1.29, 1.82) is 0 Å². The summed E-state index contributed by atoms with van der Waals surface area (Å²) in [7, 11) is -4.58. The van der Waals surface area contributed by atoms with Gasteiger partial charge in [0.15, 0.2) is 8.07 Å². The third kappa shape index (κ3) is 4.94. The van der Waals surface area contributed by atoms with Crippen molar-refractivity contribution in [3.63, 3.8) is 0 Å². The smallest absolute Gasteiger partial charge is 0.252 e. The van der Waals surface area contributed by atoms with Gasteiger partial charge in [-0.1, -0.05) is 189 Å². The van der Waals surface area contributed by atoms with Crippen LogP contribution in [0.3, 0.4) is 0 Å². The molecule has 0 amide bonds. The summed E-state index contributed by atoms with van der Waals surface area (Å²) < 4.78 is 0. The number of para-hydroxylation sites is 2. The third-order valence-electron chi connectivity index (χ3n) is 13.4. The molecule has 0 atom stereocenters. The molecule has 0 aromatic heterocycles. The summed E-state index contributed by atoms with van der Waals surface area (Å²) in [5, 5.41) is 9.75. The lowest BCUT2D eigenvalue weighted by Gasteiger charge is -2.45. The number of anilines is 6. The van der Waals surface area contributed by atoms with Gasteiger partial charge in [0.25, 0.3) is 6.71 Å². The predicted molar refractivity (Wildman–Crippen MR) is 264 cm³/mol. The van der Waals surface area contributed by atoms with Crippen LogP contribution in [0.5, 0.6) is 0 Å². The fourth-order valence-electron chi connectivity index (χ4n) is 10.8. The van der Waals surface area contributed by atoms with Gasteiger partial charge in [0, 0.05) is 39.5 Å². The van der Waals surface area contributed by atoms with Gasteiger partial charge in [-0.05, 0) is 96.1 Å². The van der Waals surface area contributed by atoms with Crippen molar-refractivity contribution in [2.75, 3.05) is 9.80 Å². The Labute approximate surface area is 355 Å². The summed E-state index contributed by atoms with van der Waals surface area (Å²) in [6, 6.07) is 78.5. The average molecular weight is 799 g/mol. The molecule has 0 spiro atoms. The Kier molecular flexibility index (Phi) is 7.75. The minimum Gasteiger partial charge on any atom is -0.311 e. The van der Waals surface area contributed by atoms with Gasteiger partial charge in [-0.3, -0.25) is 0 Å². The maximum Gasteiger partial charge on any atom is 0.252 e. The summed E-state index contributed by atoms with van der Waals surface area (Å²) in [5.74, 6) is 0. The zero-order chi connectivity index (χ0) is 40.2. The fourth-order valence-corrected chi connectivity index (χ4v) is 17.2. The number of rotatable bonds is 5. The SMILES string of the molecule is C[Si](C)(C)c1cc2c3c(c1)N(c1ccccc1)c1c(ccc4ccccc14)B3c1ccccc1N2c1ccc2c(c1)[Si](c1ccccc1)(c1ccccc1)c1ccccc1-2. The Morgan fingerprint density at radius 1 is 0.433 bits per heavy atom. The van der Waals surface area contributed by atoms with E-state index in [9.17, 15) is 0 Å². The standard InChI is InChI=1S/C55H43BN2Si2/c1-59(2,3)43-36-50-54-51(37-43)58(39-20-7-4-8-21-39)55-44-26-14-13-19-38(44)31-34-48(55)56(54)47-28-16-17-29-49(47)57(50)40-32-33-46-45-27-15-18-30-52(45)60(53(46)35-40,41-22-9-5-10-23-41)42-24-11-6-12-25-42/h4-37H,1-3H3. The minimum absolute atomic E-state index is 0.0680. The van der Waals surface area contributed by atoms with Crippen LogP contribution < -0.4 is 52.1 Å². The summed E-state index contributed by atoms with van der Waals surface area (Å²) in [6.07, 6.45) is 0. The van der Waals surface area contributed by atoms with Crippen molar-refractivity contribution >= 4 is 110 Å². The lowest BCUT2D eigenvalue weighted by atomic mass is 9.33. The van der Waals surface area contributed by atoms with Crippen molar-refractivity contribution in [1.82, 2.24) is 0 Å². The molecule has 9 aromatic carbocycles. The Bertz CT molecular complexity index is 3120. The number of benzene rings is 9. The Hall–Kier alpha value is -6.66. The first-order valence-corrected chi connectivity index (χ1v) is 26.7. The molecule has 0 radical (unpaired) electrons. The fraction of sp³-hybridized carbons (Fsp3) is 0.0545. The molecule has 0 N–H and O–H groups in total. The van der Waals surface area contributed by atoms with E-state index in [0.717, 1.165) is 0 Å². The average Bonchev–Trinajstić information content (AvgIpc) is 3.59. The summed E-state index contributed by atoms with van der Waals surface area (Å²) in [6.45, 7) is 7.54. The van der Waals surface area contributed by atoms with Crippen molar-refractivity contribution in [2.45, 2.75) is 19.6 Å². The topological polar surface area (TPSA) is 6.48 Å². The molecule has 0 unspecified atom stereocenters. The Morgan fingerprint density at radius 3 is 1.77 bits per heavy atom. The Morgan fingerprint density at radius 2 is 1.03 bits per heavy atom. The zero-order valence-electron chi connectivity index (χ0n) is 34.1. The van der Waals surface area contributed by atoms with Crippen molar-refractivity contribution in [3.05, 3.63) is 206 Å². The van der Waals surface area contributed by atoms with Crippen molar-refractivity contribution < 1.29 is 0 Å². The van der Waals surface area contributed by atoms with E-state index in [0.29, 0.717) is 0 Å². The number of nitrogens with zero attached hydrogens (tertiary/aromatic N) is 2. The highest BCUT2D eigenvalue weighted by Crippen LogP contribution is 2.46. The van der Waals surface area contributed by atoms with Gasteiger partial charge in [0.2, 0.25) is 0 Å². The van der Waals surface area contributed by atoms with Crippen LogP contribution in [0.2, 0.25) is 19.6 Å². The monoisotopic (exact) mass is 798 g/mol. The maximum atomic E-state index is 2.63. The molecule has 0 fully saturated rings. The van der Waals surface area contributed by atoms with Crippen LogP contribution in [0.4, 0.5) is 34.1 Å². The maximum absolute atomic E-state index is 2.72. The predicted octanol–water partition coefficient (Wildman–Crippen LogP) is 8.83. The molecule has 60 heavy (non-hydrogen) atoms. The van der Waals surface area contributed by atoms with Gasteiger partial charge in [-0.25, -0.2) is 0 Å². The number of hydrogen-bond donors (Lipinski definition) is 0. The lowest BCUT2D eigenvalue weighted by molar-refractivity contribution is 1.26. The van der Waals surface area contributed by atoms with E-state index >= 15 is 0 Å². The van der Waals surface area contributed by atoms with Crippen molar-refractivity contribution in [2.24, 2.45) is 0 Å². The van der Waals surface area contributed by atoms with Crippen LogP contribution in [0.25, 0.3) is 21.9 Å². The molecule has 12 rings (SSSR count). The summed E-state index contributed by atoms with van der Waals surface area (Å²) in [4.78, 5) is 5.22. The van der Waals surface area contributed by atoms with Crippen LogP contribution in [0, 0.1) is 0 Å². The first-order chi connectivity index (χ1) is 29.4. The molecule has 0 bridgehead atoms. The summed E-state index contributed by atoms with van der Waals surface area (Å²) >= 11 is 0. The van der Waals surface area contributed by atoms with E-state index in [4.69, 9.17) is 0 Å². The highest BCUT2D eigenvalue weighted by molar-refractivity contribution is 7.22. The minimum atomic E-state index is -2.72. The molecule has 3 heterocycles. The van der Waals surface area contributed by atoms with Crippen molar-refractivity contribution in [3.8, 4) is 11.1 Å². The molecule has 5 heteroatoms. The molecule has 3 aliphatic rings. The molecule has 2 nitrogen and oxygen atoms in total. The van der Waals surface area contributed by atoms with E-state index in [1.807, 2.05) is 0 Å². The number of hydrogen-bond acceptors (Lipinski definition) is 2. The molecule has 0 aliphatic carbocycles. The first-order valence-electron chi connectivity index (χ1n) is 21.2. The highest BCUT2D eigenvalue weighted by Gasteiger charge is 2.50. The second-order valence-corrected chi connectivity index (χ2v) is 26.5. The molecule has 0 saturated carbocycles. The van der Waals surface area contributed by atoms with Crippen LogP contribution >= 0.6 is 0 Å². The largest absolute Gasteiger partial charge is 0.311 e. The molecule has 9 aromatic rings. The van der Waals surface area contributed by atoms with Crippen LogP contribution in [0.1, 0.15) is 0 Å². The van der Waals surface area contributed by atoms with E-state index in [1.54, 1.807) is 0 Å². The van der Waals surface area contributed by atoms with Crippen LogP contribution in [0.15, 0.2) is 206 Å². The van der Waals surface area contributed by atoms with Gasteiger partial charge in [-0.15, -0.1) is 0 Å². The van der Waals surface area contributed by atoms with Crippen LogP contribution in [-0.4, -0.2) is 22.9 Å². The van der Waals surface area contributed by atoms with Gasteiger partial charge < -0.3 is 9.80 Å². The quantitative estimate of drug-likeness (QED) is 0.161. The van der Waals surface area contributed by atoms with E-state index in [1.165, 1.54) is 98.3 Å². The zero-order valence-corrected chi connectivity index (χ0v) is 36.1. The van der Waals surface area contributed by atoms with E-state index in [-0.39, 0.29) is 6.71 Å². The number of fused-ring (bicyclic) bond motifs is 9. The highest BCUT2D eigenvalue weighted by atomic mass is 28.3. The van der Waals surface area contributed by atoms with E-state index < -0.39 is 16.1 Å². The normalized spacial score (nSPS) is 14.3. The molecule has 284 valence electrons. The second kappa shape index (κ2) is 13.2. The molecular formula is C55H43BN2Si2. The van der Waals surface area contributed by atoms with Gasteiger partial charge in [0.05, 0.1) is 8.07 Å². The second-order valence-electron chi connectivity index (χ2n) is 17.7. The lowest BCUT2D eigenvalue weighted by Crippen LogP contribution is -2.72. The van der Waals surface area contributed by atoms with Gasteiger partial charge in [0.1, 0.15) is 0 Å². The van der Waals surface area contributed by atoms with Gasteiger partial charge in [-0.2, -0.15) is 0 Å². The third-order valence-corrected chi connectivity index (χ3v) is 20.3. The molecular weight excluding hydrogens is 756 g/mol. The summed E-state index contributed by atoms with van der Waals surface area (Å²) in [5.41, 5.74) is 14.3. The van der Waals surface area contributed by atoms with Gasteiger partial charge >= 0.3 is 0 Å². The first kappa shape index (κ1) is 35.3. The molecule has 3 aliphatic heterocycles. The molecule has 0 saturated heterocycles. The Balaban J connectivity index is 1.18. The van der Waals surface area contributed by atoms with E-state index in [2.05, 4.69) is 236 Å². The van der Waals surface area contributed by atoms with Crippen LogP contribution in [-0.2, 0) is 0 Å².